The highest BCUT2D eigenvalue weighted by atomic mass is 15.3. The summed E-state index contributed by atoms with van der Waals surface area (Å²) in [6.45, 7) is 6.27. The predicted molar refractivity (Wildman–Crippen MR) is 61.9 cm³/mol. The van der Waals surface area contributed by atoms with Gasteiger partial charge in [-0.15, -0.1) is 0 Å². The summed E-state index contributed by atoms with van der Waals surface area (Å²) in [6, 6.07) is 1.95. The van der Waals surface area contributed by atoms with Crippen LogP contribution in [0, 0.1) is 6.92 Å². The Morgan fingerprint density at radius 2 is 2.25 bits per heavy atom. The number of hydrogen-bond donors (Lipinski definition) is 0. The van der Waals surface area contributed by atoms with E-state index in [9.17, 15) is 0 Å². The van der Waals surface area contributed by atoms with Gasteiger partial charge >= 0.3 is 0 Å². The van der Waals surface area contributed by atoms with Gasteiger partial charge in [0.1, 0.15) is 12.4 Å². The molecule has 0 bridgehead atoms. The summed E-state index contributed by atoms with van der Waals surface area (Å²) in [5, 5.41) is 4.21. The number of unbranched alkanes of at least 4 members (excludes halogenated alkanes) is 1. The molecule has 0 amide bonds. The molecule has 0 saturated heterocycles. The molecule has 2 rings (SSSR count). The number of aryl methyl sites for hydroxylation is 1. The van der Waals surface area contributed by atoms with E-state index in [1.54, 1.807) is 0 Å². The summed E-state index contributed by atoms with van der Waals surface area (Å²) in [5.74, 6) is 1.28. The van der Waals surface area contributed by atoms with Crippen molar-refractivity contribution in [3.05, 3.63) is 36.7 Å². The van der Waals surface area contributed by atoms with Gasteiger partial charge in [-0.1, -0.05) is 13.3 Å². The summed E-state index contributed by atoms with van der Waals surface area (Å²) >= 11 is 0. The van der Waals surface area contributed by atoms with Crippen LogP contribution in [0.15, 0.2) is 30.9 Å². The van der Waals surface area contributed by atoms with Crippen molar-refractivity contribution in [1.82, 2.24) is 14.3 Å². The van der Waals surface area contributed by atoms with E-state index in [1.807, 2.05) is 23.1 Å². The number of aromatic nitrogens is 4. The fourth-order valence-corrected chi connectivity index (χ4v) is 1.80. The molecule has 4 nitrogen and oxygen atoms in total. The molecule has 0 unspecified atom stereocenters. The first-order chi connectivity index (χ1) is 7.81. The number of rotatable bonds is 5. The Kier molecular flexibility index (Phi) is 3.39. The van der Waals surface area contributed by atoms with Crippen molar-refractivity contribution < 1.29 is 4.57 Å². The Labute approximate surface area is 96.1 Å². The molecule has 0 aliphatic rings. The summed E-state index contributed by atoms with van der Waals surface area (Å²) in [4.78, 5) is 0. The zero-order valence-corrected chi connectivity index (χ0v) is 10.0. The maximum Gasteiger partial charge on any atom is 0.254 e. The van der Waals surface area contributed by atoms with Crippen molar-refractivity contribution in [3.63, 3.8) is 0 Å². The van der Waals surface area contributed by atoms with Gasteiger partial charge in [-0.2, -0.15) is 5.10 Å². The van der Waals surface area contributed by atoms with E-state index in [2.05, 4.69) is 40.5 Å². The van der Waals surface area contributed by atoms with Gasteiger partial charge in [0.2, 0.25) is 0 Å². The number of hydrogen-bond acceptors (Lipinski definition) is 1. The van der Waals surface area contributed by atoms with Crippen molar-refractivity contribution in [2.24, 2.45) is 0 Å². The minimum Gasteiger partial charge on any atom is -0.234 e. The normalized spacial score (nSPS) is 10.9. The Morgan fingerprint density at radius 1 is 1.38 bits per heavy atom. The summed E-state index contributed by atoms with van der Waals surface area (Å²) in [5.41, 5.74) is 0. The van der Waals surface area contributed by atoms with Crippen molar-refractivity contribution in [2.45, 2.75) is 39.9 Å². The molecule has 16 heavy (non-hydrogen) atoms. The van der Waals surface area contributed by atoms with Gasteiger partial charge in [0, 0.05) is 19.3 Å². The number of nitrogens with zero attached hydrogens (tertiary/aromatic N) is 4. The molecular weight excluding hydrogens is 200 g/mol. The summed E-state index contributed by atoms with van der Waals surface area (Å²) in [6.07, 6.45) is 10.5. The van der Waals surface area contributed by atoms with E-state index < -0.39 is 0 Å². The summed E-state index contributed by atoms with van der Waals surface area (Å²) in [7, 11) is 0. The van der Waals surface area contributed by atoms with Crippen LogP contribution in [-0.4, -0.2) is 14.3 Å². The Balaban J connectivity index is 2.08. The van der Waals surface area contributed by atoms with E-state index >= 15 is 0 Å². The third-order valence-corrected chi connectivity index (χ3v) is 2.87. The second-order valence-corrected chi connectivity index (χ2v) is 4.05. The van der Waals surface area contributed by atoms with Crippen LogP contribution >= 0.6 is 0 Å². The highest BCUT2D eigenvalue weighted by Gasteiger charge is 2.11. The van der Waals surface area contributed by atoms with E-state index in [-0.39, 0.29) is 0 Å². The zero-order chi connectivity index (χ0) is 11.4. The molecule has 0 aromatic carbocycles. The van der Waals surface area contributed by atoms with Crippen LogP contribution < -0.4 is 4.57 Å². The molecule has 4 heteroatoms. The molecule has 2 heterocycles. The van der Waals surface area contributed by atoms with E-state index in [4.69, 9.17) is 0 Å². The topological polar surface area (TPSA) is 26.6 Å². The van der Waals surface area contributed by atoms with Crippen LogP contribution in [-0.2, 0) is 13.2 Å². The molecule has 0 aliphatic heterocycles. The minimum absolute atomic E-state index is 0.790. The monoisotopic (exact) mass is 219 g/mol. The summed E-state index contributed by atoms with van der Waals surface area (Å²) < 4.78 is 6.44. The van der Waals surface area contributed by atoms with Gasteiger partial charge in [0.15, 0.2) is 6.67 Å². The molecule has 2 aromatic heterocycles. The lowest BCUT2D eigenvalue weighted by Crippen LogP contribution is -2.39. The lowest BCUT2D eigenvalue weighted by molar-refractivity contribution is -0.708. The molecule has 2 aromatic rings. The molecule has 0 fully saturated rings. The molecule has 0 N–H and O–H groups in total. The van der Waals surface area contributed by atoms with Crippen molar-refractivity contribution in [1.29, 1.82) is 0 Å². The van der Waals surface area contributed by atoms with Crippen LogP contribution in [0.2, 0.25) is 0 Å². The van der Waals surface area contributed by atoms with Gasteiger partial charge in [0.05, 0.1) is 6.54 Å². The first-order valence-electron chi connectivity index (χ1n) is 5.84. The van der Waals surface area contributed by atoms with Crippen molar-refractivity contribution in [2.75, 3.05) is 0 Å². The predicted octanol–water partition coefficient (Wildman–Crippen LogP) is 1.59. The van der Waals surface area contributed by atoms with Gasteiger partial charge in [-0.25, -0.2) is 13.8 Å². The van der Waals surface area contributed by atoms with Crippen LogP contribution in [0.3, 0.4) is 0 Å². The van der Waals surface area contributed by atoms with Gasteiger partial charge in [-0.05, 0) is 12.5 Å². The molecule has 0 radical (unpaired) electrons. The first kappa shape index (κ1) is 10.9. The van der Waals surface area contributed by atoms with Crippen LogP contribution in [0.1, 0.15) is 25.6 Å². The highest BCUT2D eigenvalue weighted by molar-refractivity contribution is 4.80. The molecule has 0 atom stereocenters. The maximum absolute atomic E-state index is 4.21. The Hall–Kier alpha value is -1.58. The fourth-order valence-electron chi connectivity index (χ4n) is 1.80. The quantitative estimate of drug-likeness (QED) is 0.701. The second-order valence-electron chi connectivity index (χ2n) is 4.05. The first-order valence-corrected chi connectivity index (χ1v) is 5.84. The molecular formula is C12H19N4+. The third-order valence-electron chi connectivity index (χ3n) is 2.87. The lowest BCUT2D eigenvalue weighted by Gasteiger charge is -2.01. The van der Waals surface area contributed by atoms with Gasteiger partial charge < -0.3 is 0 Å². The second kappa shape index (κ2) is 4.96. The molecule has 0 aliphatic carbocycles. The molecule has 86 valence electrons. The van der Waals surface area contributed by atoms with Crippen LogP contribution in [0.5, 0.6) is 0 Å². The van der Waals surface area contributed by atoms with Crippen molar-refractivity contribution in [3.8, 4) is 0 Å². The average Bonchev–Trinajstić information content (AvgIpc) is 2.89. The maximum atomic E-state index is 4.21. The minimum atomic E-state index is 0.790. The van der Waals surface area contributed by atoms with Gasteiger partial charge in [0.25, 0.3) is 5.82 Å². The van der Waals surface area contributed by atoms with Crippen molar-refractivity contribution >= 4 is 0 Å². The van der Waals surface area contributed by atoms with E-state index in [0.717, 1.165) is 13.2 Å². The van der Waals surface area contributed by atoms with Crippen LogP contribution in [0.4, 0.5) is 0 Å². The fraction of sp³-hybridized carbons (Fsp3) is 0.500. The lowest BCUT2D eigenvalue weighted by atomic mass is 10.3. The van der Waals surface area contributed by atoms with Gasteiger partial charge in [-0.3, -0.25) is 0 Å². The molecule has 0 saturated carbocycles. The SMILES string of the molecule is CCCCn1cc[n+](Cn2cccn2)c1C. The van der Waals surface area contributed by atoms with Crippen LogP contribution in [0.25, 0.3) is 0 Å². The zero-order valence-electron chi connectivity index (χ0n) is 10.0. The van der Waals surface area contributed by atoms with E-state index in [1.165, 1.54) is 18.7 Å². The smallest absolute Gasteiger partial charge is 0.234 e. The molecule has 0 spiro atoms. The number of imidazole rings is 1. The Bertz CT molecular complexity index is 428. The Morgan fingerprint density at radius 3 is 2.94 bits per heavy atom. The largest absolute Gasteiger partial charge is 0.254 e. The third kappa shape index (κ3) is 2.32. The average molecular weight is 219 g/mol. The highest BCUT2D eigenvalue weighted by Crippen LogP contribution is 1.98. The van der Waals surface area contributed by atoms with E-state index in [0.29, 0.717) is 0 Å². The standard InChI is InChI=1S/C12H19N4/c1-3-4-7-14-9-10-15(12(14)2)11-16-8-5-6-13-16/h5-6,8-10H,3-4,7,11H2,1-2H3/q+1.